The standard InChI is InChI=1S/C15H21N3O2S/c1-12(2)15-17-7-8-18(15)9-10-21(19,20)14-5-3-13(11-16)4-6-14/h3-8,12H,9-11,16H2,1-2H3. The molecule has 0 atom stereocenters. The van der Waals surface area contributed by atoms with Crippen molar-refractivity contribution in [2.75, 3.05) is 5.75 Å². The van der Waals surface area contributed by atoms with Gasteiger partial charge in [0.2, 0.25) is 0 Å². The molecular weight excluding hydrogens is 286 g/mol. The Kier molecular flexibility index (Phi) is 4.80. The van der Waals surface area contributed by atoms with Gasteiger partial charge in [-0.25, -0.2) is 13.4 Å². The van der Waals surface area contributed by atoms with Crippen LogP contribution in [0.1, 0.15) is 31.2 Å². The van der Waals surface area contributed by atoms with Crippen molar-refractivity contribution in [2.45, 2.75) is 37.8 Å². The summed E-state index contributed by atoms with van der Waals surface area (Å²) in [6.07, 6.45) is 3.53. The van der Waals surface area contributed by atoms with Crippen molar-refractivity contribution in [1.82, 2.24) is 9.55 Å². The first-order chi connectivity index (χ1) is 9.94. The summed E-state index contributed by atoms with van der Waals surface area (Å²) in [4.78, 5) is 4.60. The van der Waals surface area contributed by atoms with Crippen LogP contribution in [0.2, 0.25) is 0 Å². The van der Waals surface area contributed by atoms with Crippen LogP contribution in [0, 0.1) is 0 Å². The number of hydrogen-bond donors (Lipinski definition) is 1. The minimum Gasteiger partial charge on any atom is -0.334 e. The van der Waals surface area contributed by atoms with Crippen molar-refractivity contribution >= 4 is 9.84 Å². The lowest BCUT2D eigenvalue weighted by atomic mass is 10.2. The maximum atomic E-state index is 12.3. The zero-order chi connectivity index (χ0) is 15.5. The summed E-state index contributed by atoms with van der Waals surface area (Å²) in [6, 6.07) is 6.75. The molecule has 0 radical (unpaired) electrons. The summed E-state index contributed by atoms with van der Waals surface area (Å²) >= 11 is 0. The normalized spacial score (nSPS) is 12.0. The predicted octanol–water partition coefficient (Wildman–Crippen LogP) is 1.94. The van der Waals surface area contributed by atoms with Crippen molar-refractivity contribution in [3.8, 4) is 0 Å². The van der Waals surface area contributed by atoms with Gasteiger partial charge in [-0.2, -0.15) is 0 Å². The molecule has 0 amide bonds. The molecule has 0 bridgehead atoms. The molecule has 5 nitrogen and oxygen atoms in total. The topological polar surface area (TPSA) is 78.0 Å². The molecule has 0 spiro atoms. The van der Waals surface area contributed by atoms with Gasteiger partial charge in [0, 0.05) is 31.4 Å². The fourth-order valence-corrected chi connectivity index (χ4v) is 3.40. The number of benzene rings is 1. The van der Waals surface area contributed by atoms with Gasteiger partial charge in [-0.05, 0) is 17.7 Å². The largest absolute Gasteiger partial charge is 0.334 e. The number of nitrogens with two attached hydrogens (primary N) is 1. The summed E-state index contributed by atoms with van der Waals surface area (Å²) in [6.45, 7) is 4.90. The van der Waals surface area contributed by atoms with E-state index >= 15 is 0 Å². The summed E-state index contributed by atoms with van der Waals surface area (Å²) in [7, 11) is -3.29. The van der Waals surface area contributed by atoms with Crippen LogP contribution >= 0.6 is 0 Å². The Morgan fingerprint density at radius 1 is 1.24 bits per heavy atom. The minimum atomic E-state index is -3.29. The molecule has 6 heteroatoms. The minimum absolute atomic E-state index is 0.0606. The Morgan fingerprint density at radius 2 is 1.90 bits per heavy atom. The van der Waals surface area contributed by atoms with Crippen LogP contribution in [0.5, 0.6) is 0 Å². The molecule has 0 fully saturated rings. The molecule has 1 aromatic heterocycles. The van der Waals surface area contributed by atoms with Crippen molar-refractivity contribution in [3.05, 3.63) is 48.0 Å². The Labute approximate surface area is 125 Å². The third-order valence-corrected chi connectivity index (χ3v) is 5.09. The van der Waals surface area contributed by atoms with E-state index in [9.17, 15) is 8.42 Å². The first-order valence-corrected chi connectivity index (χ1v) is 8.62. The second kappa shape index (κ2) is 6.41. The molecule has 0 aliphatic heterocycles. The molecule has 0 aliphatic rings. The Morgan fingerprint density at radius 3 is 2.48 bits per heavy atom. The molecule has 0 saturated carbocycles. The number of hydrogen-bond acceptors (Lipinski definition) is 4. The van der Waals surface area contributed by atoms with E-state index in [4.69, 9.17) is 5.73 Å². The molecule has 2 N–H and O–H groups in total. The van der Waals surface area contributed by atoms with Crippen molar-refractivity contribution in [2.24, 2.45) is 5.73 Å². The third kappa shape index (κ3) is 3.71. The van der Waals surface area contributed by atoms with Crippen LogP contribution in [0.4, 0.5) is 0 Å². The lowest BCUT2D eigenvalue weighted by Gasteiger charge is -2.11. The smallest absolute Gasteiger partial charge is 0.180 e. The van der Waals surface area contributed by atoms with Gasteiger partial charge < -0.3 is 10.3 Å². The number of sulfone groups is 1. The third-order valence-electron chi connectivity index (χ3n) is 3.38. The lowest BCUT2D eigenvalue weighted by molar-refractivity contribution is 0.583. The van der Waals surface area contributed by atoms with Crippen LogP contribution in [0.3, 0.4) is 0 Å². The van der Waals surface area contributed by atoms with E-state index in [0.29, 0.717) is 18.0 Å². The highest BCUT2D eigenvalue weighted by molar-refractivity contribution is 7.91. The van der Waals surface area contributed by atoms with Gasteiger partial charge in [0.15, 0.2) is 9.84 Å². The van der Waals surface area contributed by atoms with E-state index in [1.54, 1.807) is 30.5 Å². The molecule has 2 aromatic rings. The van der Waals surface area contributed by atoms with Crippen LogP contribution in [-0.4, -0.2) is 23.7 Å². The molecule has 114 valence electrons. The van der Waals surface area contributed by atoms with Gasteiger partial charge in [-0.1, -0.05) is 26.0 Å². The monoisotopic (exact) mass is 307 g/mol. The van der Waals surface area contributed by atoms with E-state index in [1.807, 2.05) is 24.6 Å². The lowest BCUT2D eigenvalue weighted by Crippen LogP contribution is -2.15. The van der Waals surface area contributed by atoms with E-state index < -0.39 is 9.84 Å². The Bertz CT molecular complexity index is 688. The molecule has 1 aromatic carbocycles. The van der Waals surface area contributed by atoms with Crippen molar-refractivity contribution < 1.29 is 8.42 Å². The fraction of sp³-hybridized carbons (Fsp3) is 0.400. The number of rotatable bonds is 6. The van der Waals surface area contributed by atoms with Crippen LogP contribution in [0.15, 0.2) is 41.6 Å². The highest BCUT2D eigenvalue weighted by Gasteiger charge is 2.16. The van der Waals surface area contributed by atoms with Gasteiger partial charge >= 0.3 is 0 Å². The van der Waals surface area contributed by atoms with Crippen molar-refractivity contribution in [1.29, 1.82) is 0 Å². The molecule has 0 saturated heterocycles. The second-order valence-corrected chi connectivity index (χ2v) is 7.41. The van der Waals surface area contributed by atoms with E-state index in [-0.39, 0.29) is 11.7 Å². The molecular formula is C15H21N3O2S. The summed E-state index contributed by atoms with van der Waals surface area (Å²) in [5.74, 6) is 1.24. The number of imidazole rings is 1. The SMILES string of the molecule is CC(C)c1nccn1CCS(=O)(=O)c1ccc(CN)cc1. The van der Waals surface area contributed by atoms with Crippen LogP contribution in [0.25, 0.3) is 0 Å². The van der Waals surface area contributed by atoms with Crippen molar-refractivity contribution in [3.63, 3.8) is 0 Å². The molecule has 0 unspecified atom stereocenters. The number of aryl methyl sites for hydroxylation is 1. The molecule has 0 aliphatic carbocycles. The predicted molar refractivity (Wildman–Crippen MR) is 82.7 cm³/mol. The second-order valence-electron chi connectivity index (χ2n) is 5.30. The highest BCUT2D eigenvalue weighted by atomic mass is 32.2. The average Bonchev–Trinajstić information content (AvgIpc) is 2.94. The fourth-order valence-electron chi connectivity index (χ4n) is 2.18. The van der Waals surface area contributed by atoms with Gasteiger partial charge in [-0.15, -0.1) is 0 Å². The zero-order valence-electron chi connectivity index (χ0n) is 12.4. The van der Waals surface area contributed by atoms with E-state index in [2.05, 4.69) is 4.98 Å². The molecule has 1 heterocycles. The first-order valence-electron chi connectivity index (χ1n) is 6.97. The average molecular weight is 307 g/mol. The highest BCUT2D eigenvalue weighted by Crippen LogP contribution is 2.15. The molecule has 21 heavy (non-hydrogen) atoms. The maximum Gasteiger partial charge on any atom is 0.180 e. The van der Waals surface area contributed by atoms with Gasteiger partial charge in [0.1, 0.15) is 5.82 Å². The molecule has 2 rings (SSSR count). The summed E-state index contributed by atoms with van der Waals surface area (Å²) in [5.41, 5.74) is 6.44. The van der Waals surface area contributed by atoms with Crippen LogP contribution < -0.4 is 5.73 Å². The summed E-state index contributed by atoms with van der Waals surface area (Å²) in [5, 5.41) is 0. The quantitative estimate of drug-likeness (QED) is 0.884. The van der Waals surface area contributed by atoms with Gasteiger partial charge in [-0.3, -0.25) is 0 Å². The summed E-state index contributed by atoms with van der Waals surface area (Å²) < 4.78 is 26.6. The maximum absolute atomic E-state index is 12.3. The first kappa shape index (κ1) is 15.7. The van der Waals surface area contributed by atoms with Crippen LogP contribution in [-0.2, 0) is 22.9 Å². The Hall–Kier alpha value is -1.66. The van der Waals surface area contributed by atoms with Gasteiger partial charge in [0.25, 0.3) is 0 Å². The Balaban J connectivity index is 2.12. The van der Waals surface area contributed by atoms with E-state index in [0.717, 1.165) is 11.4 Å². The van der Waals surface area contributed by atoms with Gasteiger partial charge in [0.05, 0.1) is 10.6 Å². The van der Waals surface area contributed by atoms with E-state index in [1.165, 1.54) is 0 Å². The number of nitrogens with zero attached hydrogens (tertiary/aromatic N) is 2. The zero-order valence-corrected chi connectivity index (χ0v) is 13.2. The number of aromatic nitrogens is 2.